The summed E-state index contributed by atoms with van der Waals surface area (Å²) >= 11 is 0. The van der Waals surface area contributed by atoms with Gasteiger partial charge in [0.2, 0.25) is 5.91 Å². The topological polar surface area (TPSA) is 81.4 Å². The minimum absolute atomic E-state index is 0.154. The fourth-order valence-corrected chi connectivity index (χ4v) is 2.65. The number of rotatable bonds is 7. The summed E-state index contributed by atoms with van der Waals surface area (Å²) in [6, 6.07) is 7.25. The molecule has 3 N–H and O–H groups in total. The van der Waals surface area contributed by atoms with Crippen molar-refractivity contribution in [1.29, 1.82) is 0 Å². The minimum Gasteiger partial charge on any atom is -0.490 e. The van der Waals surface area contributed by atoms with Crippen molar-refractivity contribution in [2.45, 2.75) is 51.0 Å². The van der Waals surface area contributed by atoms with Crippen LogP contribution in [0, 0.1) is 0 Å². The molecule has 1 aromatic carbocycles. The van der Waals surface area contributed by atoms with Gasteiger partial charge < -0.3 is 15.8 Å². The van der Waals surface area contributed by atoms with Crippen molar-refractivity contribution in [2.75, 3.05) is 6.54 Å². The first-order valence-electron chi connectivity index (χ1n) is 7.98. The molecule has 5 heteroatoms. The molecule has 1 aromatic rings. The summed E-state index contributed by atoms with van der Waals surface area (Å²) in [5.74, 6) is 0.243. The summed E-state index contributed by atoms with van der Waals surface area (Å²) in [5.41, 5.74) is 5.64. The Kier molecular flexibility index (Phi) is 6.25. The Bertz CT molecular complexity index is 510. The molecule has 0 aliphatic heterocycles. The quantitative estimate of drug-likeness (QED) is 0.759. The van der Waals surface area contributed by atoms with Gasteiger partial charge >= 0.3 is 0 Å². The van der Waals surface area contributed by atoms with Gasteiger partial charge in [-0.15, -0.1) is 0 Å². The maximum atomic E-state index is 12.1. The third kappa shape index (κ3) is 5.39. The molecular weight excluding hydrogens is 280 g/mol. The summed E-state index contributed by atoms with van der Waals surface area (Å²) in [6.45, 7) is 0.440. The van der Waals surface area contributed by atoms with Gasteiger partial charge in [-0.05, 0) is 50.3 Å². The second-order valence-electron chi connectivity index (χ2n) is 5.73. The molecule has 0 bridgehead atoms. The molecule has 0 radical (unpaired) electrons. The van der Waals surface area contributed by atoms with E-state index in [2.05, 4.69) is 5.32 Å². The molecule has 2 rings (SSSR count). The predicted molar refractivity (Wildman–Crippen MR) is 84.7 cm³/mol. The lowest BCUT2D eigenvalue weighted by Crippen LogP contribution is -2.25. The maximum Gasteiger partial charge on any atom is 0.251 e. The zero-order valence-corrected chi connectivity index (χ0v) is 12.8. The summed E-state index contributed by atoms with van der Waals surface area (Å²) in [6.07, 6.45) is 6.99. The van der Waals surface area contributed by atoms with Crippen LogP contribution >= 0.6 is 0 Å². The van der Waals surface area contributed by atoms with Crippen molar-refractivity contribution in [3.05, 3.63) is 29.8 Å². The van der Waals surface area contributed by atoms with Gasteiger partial charge in [0.25, 0.3) is 5.91 Å². The molecule has 120 valence electrons. The van der Waals surface area contributed by atoms with Gasteiger partial charge in [-0.1, -0.05) is 12.5 Å². The van der Waals surface area contributed by atoms with E-state index in [-0.39, 0.29) is 24.3 Å². The molecule has 0 aromatic heterocycles. The fourth-order valence-electron chi connectivity index (χ4n) is 2.65. The van der Waals surface area contributed by atoms with Crippen LogP contribution in [0.5, 0.6) is 5.75 Å². The molecule has 22 heavy (non-hydrogen) atoms. The van der Waals surface area contributed by atoms with E-state index in [0.29, 0.717) is 18.5 Å². The highest BCUT2D eigenvalue weighted by atomic mass is 16.5. The van der Waals surface area contributed by atoms with Gasteiger partial charge in [0.1, 0.15) is 5.75 Å². The highest BCUT2D eigenvalue weighted by molar-refractivity contribution is 5.94. The van der Waals surface area contributed by atoms with E-state index in [4.69, 9.17) is 10.5 Å². The number of nitrogens with two attached hydrogens (primary N) is 1. The number of primary amides is 1. The maximum absolute atomic E-state index is 12.1. The van der Waals surface area contributed by atoms with Gasteiger partial charge in [0.15, 0.2) is 0 Å². The zero-order chi connectivity index (χ0) is 15.8. The molecule has 1 aliphatic carbocycles. The van der Waals surface area contributed by atoms with Gasteiger partial charge in [-0.2, -0.15) is 0 Å². The second-order valence-corrected chi connectivity index (χ2v) is 5.73. The molecule has 0 spiro atoms. The van der Waals surface area contributed by atoms with Crippen LogP contribution in [0.25, 0.3) is 0 Å². The first kappa shape index (κ1) is 16.3. The molecule has 2 amide bonds. The molecule has 1 saturated carbocycles. The lowest BCUT2D eigenvalue weighted by Gasteiger charge is -2.23. The normalized spacial score (nSPS) is 15.3. The van der Waals surface area contributed by atoms with E-state index >= 15 is 0 Å². The van der Waals surface area contributed by atoms with E-state index in [1.807, 2.05) is 12.1 Å². The Morgan fingerprint density at radius 3 is 2.73 bits per heavy atom. The van der Waals surface area contributed by atoms with Crippen LogP contribution in [0.4, 0.5) is 0 Å². The number of benzene rings is 1. The lowest BCUT2D eigenvalue weighted by atomic mass is 9.98. The first-order valence-corrected chi connectivity index (χ1v) is 7.98. The Hall–Kier alpha value is -2.04. The van der Waals surface area contributed by atoms with Gasteiger partial charge in [-0.25, -0.2) is 0 Å². The average Bonchev–Trinajstić information content (AvgIpc) is 2.52. The average molecular weight is 304 g/mol. The van der Waals surface area contributed by atoms with Crippen molar-refractivity contribution >= 4 is 11.8 Å². The predicted octanol–water partition coefficient (Wildman–Crippen LogP) is 2.39. The van der Waals surface area contributed by atoms with Crippen LogP contribution in [0.15, 0.2) is 24.3 Å². The number of carbonyl (C=O) groups excluding carboxylic acids is 2. The SMILES string of the molecule is NC(=O)CCCNC(=O)c1cccc(OC2CCCCC2)c1. The number of amides is 2. The van der Waals surface area contributed by atoms with E-state index in [0.717, 1.165) is 18.6 Å². The van der Waals surface area contributed by atoms with Crippen LogP contribution in [0.1, 0.15) is 55.3 Å². The summed E-state index contributed by atoms with van der Waals surface area (Å²) in [4.78, 5) is 22.7. The van der Waals surface area contributed by atoms with Crippen molar-refractivity contribution < 1.29 is 14.3 Å². The number of nitrogens with one attached hydrogen (secondary N) is 1. The van der Waals surface area contributed by atoms with Crippen LogP contribution in [0.2, 0.25) is 0 Å². The van der Waals surface area contributed by atoms with E-state index < -0.39 is 0 Å². The minimum atomic E-state index is -0.350. The fraction of sp³-hybridized carbons (Fsp3) is 0.529. The van der Waals surface area contributed by atoms with E-state index in [1.165, 1.54) is 19.3 Å². The Labute approximate surface area is 131 Å². The van der Waals surface area contributed by atoms with Gasteiger partial charge in [-0.3, -0.25) is 9.59 Å². The molecule has 1 fully saturated rings. The smallest absolute Gasteiger partial charge is 0.251 e. The highest BCUT2D eigenvalue weighted by Crippen LogP contribution is 2.23. The van der Waals surface area contributed by atoms with Crippen molar-refractivity contribution in [3.63, 3.8) is 0 Å². The third-order valence-corrected chi connectivity index (χ3v) is 3.84. The summed E-state index contributed by atoms with van der Waals surface area (Å²) < 4.78 is 5.96. The lowest BCUT2D eigenvalue weighted by molar-refractivity contribution is -0.118. The van der Waals surface area contributed by atoms with Gasteiger partial charge in [0.05, 0.1) is 6.10 Å². The van der Waals surface area contributed by atoms with Crippen LogP contribution in [0.3, 0.4) is 0 Å². The Morgan fingerprint density at radius 1 is 1.23 bits per heavy atom. The number of hydrogen-bond donors (Lipinski definition) is 2. The van der Waals surface area contributed by atoms with Crippen molar-refractivity contribution in [3.8, 4) is 5.75 Å². The van der Waals surface area contributed by atoms with Crippen molar-refractivity contribution in [2.24, 2.45) is 5.73 Å². The molecule has 5 nitrogen and oxygen atoms in total. The molecule has 0 atom stereocenters. The highest BCUT2D eigenvalue weighted by Gasteiger charge is 2.15. The molecule has 0 heterocycles. The Morgan fingerprint density at radius 2 is 2.00 bits per heavy atom. The summed E-state index contributed by atoms with van der Waals surface area (Å²) in [7, 11) is 0. The number of carbonyl (C=O) groups is 2. The largest absolute Gasteiger partial charge is 0.490 e. The molecule has 0 unspecified atom stereocenters. The number of ether oxygens (including phenoxy) is 1. The standard InChI is InChI=1S/C17H24N2O3/c18-16(20)10-5-11-19-17(21)13-6-4-9-15(12-13)22-14-7-2-1-3-8-14/h4,6,9,12,14H,1-3,5,7-8,10-11H2,(H2,18,20)(H,19,21). The second kappa shape index (κ2) is 8.41. The first-order chi connectivity index (χ1) is 10.6. The van der Waals surface area contributed by atoms with Crippen LogP contribution in [-0.4, -0.2) is 24.5 Å². The Balaban J connectivity index is 1.84. The van der Waals surface area contributed by atoms with Crippen LogP contribution < -0.4 is 15.8 Å². The van der Waals surface area contributed by atoms with Gasteiger partial charge in [0, 0.05) is 18.5 Å². The monoisotopic (exact) mass is 304 g/mol. The third-order valence-electron chi connectivity index (χ3n) is 3.84. The number of hydrogen-bond acceptors (Lipinski definition) is 3. The van der Waals surface area contributed by atoms with E-state index in [1.54, 1.807) is 12.1 Å². The van der Waals surface area contributed by atoms with Crippen LogP contribution in [-0.2, 0) is 4.79 Å². The summed E-state index contributed by atoms with van der Waals surface area (Å²) in [5, 5.41) is 2.78. The molecular formula is C17H24N2O3. The van der Waals surface area contributed by atoms with E-state index in [9.17, 15) is 9.59 Å². The zero-order valence-electron chi connectivity index (χ0n) is 12.8. The van der Waals surface area contributed by atoms with Crippen molar-refractivity contribution in [1.82, 2.24) is 5.32 Å². The molecule has 0 saturated heterocycles. The molecule has 1 aliphatic rings.